The molecule has 0 spiro atoms. The van der Waals surface area contributed by atoms with Crippen molar-refractivity contribution >= 4 is 78.4 Å². The van der Waals surface area contributed by atoms with Crippen LogP contribution in [0.15, 0.2) is 41.8 Å². The molecule has 0 aliphatic rings. The van der Waals surface area contributed by atoms with E-state index in [2.05, 4.69) is 25.1 Å². The molecule has 0 unspecified atom stereocenters. The normalized spacial score (nSPS) is 8.27. The summed E-state index contributed by atoms with van der Waals surface area (Å²) in [5.74, 6) is 0.742. The van der Waals surface area contributed by atoms with Gasteiger partial charge in [-0.1, -0.05) is 35.3 Å². The van der Waals surface area contributed by atoms with E-state index in [4.69, 9.17) is 47.1 Å². The van der Waals surface area contributed by atoms with E-state index < -0.39 is 0 Å². The molecule has 0 amide bonds. The fourth-order valence-corrected chi connectivity index (χ4v) is 4.93. The van der Waals surface area contributed by atoms with Gasteiger partial charge in [-0.15, -0.1) is 22.7 Å². The Hall–Kier alpha value is -1.98. The van der Waals surface area contributed by atoms with Crippen molar-refractivity contribution in [2.75, 3.05) is 7.11 Å². The maximum Gasteiger partial charge on any atom is 1.00 e. The average Bonchev–Trinajstić information content (AvgIpc) is 3.34. The molecule has 0 fully saturated rings. The van der Waals surface area contributed by atoms with Crippen LogP contribution in [0.25, 0.3) is 20.2 Å². The maximum absolute atomic E-state index is 8.12. The van der Waals surface area contributed by atoms with Crippen LogP contribution in [0.3, 0.4) is 0 Å². The molecule has 2 aromatic heterocycles. The average molecular weight is 525 g/mol. The van der Waals surface area contributed by atoms with Gasteiger partial charge < -0.3 is 15.7 Å². The quantitative estimate of drug-likeness (QED) is 0.350. The molecule has 172 valence electrons. The van der Waals surface area contributed by atoms with Crippen LogP contribution in [0.5, 0.6) is 5.75 Å². The van der Waals surface area contributed by atoms with Crippen LogP contribution < -0.4 is 23.6 Å². The van der Waals surface area contributed by atoms with E-state index >= 15 is 0 Å². The van der Waals surface area contributed by atoms with Gasteiger partial charge in [0.15, 0.2) is 0 Å². The van der Waals surface area contributed by atoms with Gasteiger partial charge in [0.2, 0.25) is 0 Å². The first-order chi connectivity index (χ1) is 14.3. The molecule has 0 aliphatic heterocycles. The van der Waals surface area contributed by atoms with Gasteiger partial charge >= 0.3 is 31.2 Å². The molecule has 0 atom stereocenters. The molecule has 7 nitrogen and oxygen atoms in total. The van der Waals surface area contributed by atoms with Crippen molar-refractivity contribution in [3.63, 3.8) is 0 Å². The van der Waals surface area contributed by atoms with Crippen LogP contribution in [0.4, 0.5) is 0 Å². The summed E-state index contributed by atoms with van der Waals surface area (Å²) in [6.07, 6.45) is 0.500. The topological polar surface area (TPSA) is 139 Å². The van der Waals surface area contributed by atoms with Gasteiger partial charge in [-0.3, -0.25) is 0 Å². The number of benzene rings is 2. The smallest absolute Gasteiger partial charge is 0.870 e. The molecule has 12 heteroatoms. The molecule has 0 saturated carbocycles. The number of thiophene rings is 2. The van der Waals surface area contributed by atoms with Crippen molar-refractivity contribution in [3.05, 3.63) is 62.3 Å². The number of hydrogen-bond donors (Lipinski definition) is 0. The second-order valence-electron chi connectivity index (χ2n) is 5.56. The summed E-state index contributed by atoms with van der Waals surface area (Å²) < 4.78 is 7.41. The van der Waals surface area contributed by atoms with Crippen molar-refractivity contribution in [1.29, 1.82) is 0 Å². The number of rotatable bonds is 1. The van der Waals surface area contributed by atoms with Gasteiger partial charge in [-0.05, 0) is 59.8 Å². The van der Waals surface area contributed by atoms with E-state index in [1.54, 1.807) is 29.8 Å². The Balaban J connectivity index is -0.000000411. The second-order valence-corrected chi connectivity index (χ2v) is 8.49. The van der Waals surface area contributed by atoms with E-state index in [0.717, 1.165) is 21.0 Å². The third kappa shape index (κ3) is 10.2. The monoisotopic (exact) mass is 524 g/mol. The molecule has 2 heterocycles. The zero-order valence-corrected chi connectivity index (χ0v) is 21.2. The fraction of sp³-hybridized carbons (Fsp3) is 0.143. The minimum atomic E-state index is 0. The van der Waals surface area contributed by atoms with Crippen molar-refractivity contribution in [1.82, 2.24) is 0 Å². The van der Waals surface area contributed by atoms with Crippen LogP contribution in [0.2, 0.25) is 10.0 Å². The number of carbonyl (C=O) groups excluding carboxylic acids is 4. The summed E-state index contributed by atoms with van der Waals surface area (Å²) in [6.45, 7) is 4.15. The number of hydrogen-bond acceptors (Lipinski definition) is 8. The third-order valence-corrected chi connectivity index (χ3v) is 6.81. The maximum atomic E-state index is 8.12. The zero-order valence-electron chi connectivity index (χ0n) is 18.1. The van der Waals surface area contributed by atoms with E-state index in [1.807, 2.05) is 30.5 Å². The first kappa shape index (κ1) is 35.6. The Morgan fingerprint density at radius 2 is 1.39 bits per heavy atom. The van der Waals surface area contributed by atoms with Gasteiger partial charge in [0.1, 0.15) is 10.8 Å². The number of fused-ring (bicyclic) bond motifs is 2. The number of ether oxygens (including phenoxy) is 1. The van der Waals surface area contributed by atoms with Crippen LogP contribution in [0.1, 0.15) is 10.4 Å². The predicted octanol–water partition coefficient (Wildman–Crippen LogP) is 2.57. The van der Waals surface area contributed by atoms with E-state index in [9.17, 15) is 0 Å². The molecule has 0 bridgehead atoms. The molecular weight excluding hydrogens is 506 g/mol. The number of halogens is 2. The van der Waals surface area contributed by atoms with Gasteiger partial charge in [0.25, 0.3) is 0 Å². The third-order valence-electron chi connectivity index (χ3n) is 3.69. The van der Waals surface area contributed by atoms with Gasteiger partial charge in [0, 0.05) is 4.88 Å². The van der Waals surface area contributed by atoms with Crippen LogP contribution in [0, 0.1) is 13.8 Å². The van der Waals surface area contributed by atoms with Crippen molar-refractivity contribution in [2.24, 2.45) is 0 Å². The van der Waals surface area contributed by atoms with Crippen LogP contribution in [-0.2, 0) is 19.2 Å². The van der Waals surface area contributed by atoms with Gasteiger partial charge in [-0.25, -0.2) is 0 Å². The number of aryl methyl sites for hydroxylation is 2. The van der Waals surface area contributed by atoms with Crippen molar-refractivity contribution in [3.8, 4) is 5.75 Å². The SMILES string of the molecule is COc1ccc2ccsc2c1Cl.Cc1cc2ccc(C)c(Cl)c2s1.O.O=C=O.O=C=O.[Li+].[OH-]. The minimum Gasteiger partial charge on any atom is -0.870 e. The van der Waals surface area contributed by atoms with Crippen LogP contribution >= 0.6 is 45.9 Å². The molecule has 3 N–H and O–H groups in total. The molecule has 2 aromatic carbocycles. The summed E-state index contributed by atoms with van der Waals surface area (Å²) >= 11 is 15.6. The first-order valence-corrected chi connectivity index (χ1v) is 10.6. The summed E-state index contributed by atoms with van der Waals surface area (Å²) in [6, 6.07) is 12.3. The largest absolute Gasteiger partial charge is 1.00 e. The van der Waals surface area contributed by atoms with Crippen LogP contribution in [-0.4, -0.2) is 30.4 Å². The Morgan fingerprint density at radius 1 is 0.848 bits per heavy atom. The Labute approximate surface area is 220 Å². The van der Waals surface area contributed by atoms with E-state index in [-0.39, 0.29) is 42.1 Å². The molecule has 4 rings (SSSR count). The Morgan fingerprint density at radius 3 is 1.94 bits per heavy atom. The molecule has 0 saturated heterocycles. The minimum absolute atomic E-state index is 0. The molecule has 4 aromatic rings. The summed E-state index contributed by atoms with van der Waals surface area (Å²) in [7, 11) is 1.63. The molecule has 0 aliphatic carbocycles. The second kappa shape index (κ2) is 18.4. The zero-order chi connectivity index (χ0) is 22.7. The Bertz CT molecular complexity index is 1180. The van der Waals surface area contributed by atoms with Gasteiger partial charge in [0.05, 0.1) is 21.5 Å². The Kier molecular flexibility index (Phi) is 19.9. The molecule has 33 heavy (non-hydrogen) atoms. The number of methoxy groups -OCH3 is 1. The summed E-state index contributed by atoms with van der Waals surface area (Å²) in [5.41, 5.74) is 1.16. The predicted molar refractivity (Wildman–Crippen MR) is 125 cm³/mol. The molecule has 0 radical (unpaired) electrons. The van der Waals surface area contributed by atoms with Gasteiger partial charge in [-0.2, -0.15) is 19.2 Å². The summed E-state index contributed by atoms with van der Waals surface area (Å²) in [4.78, 5) is 33.8. The summed E-state index contributed by atoms with van der Waals surface area (Å²) in [5, 5.41) is 6.07. The molecular formula is C21H19Cl2LiO7S2. The van der Waals surface area contributed by atoms with E-state index in [1.165, 1.54) is 20.3 Å². The standard InChI is InChI=1S/C10H9ClS.C9H7ClOS.2CO2.Li.2H2O/c1-6-3-4-8-5-7(2)12-10(8)9(6)11;1-11-7-3-2-6-4-5-12-9(6)8(7)10;2*2-1-3;;;/h3-5H,1-2H3;2-5H,1H3;;;;2*1H2/q;;;;+1;;/p-1. The van der Waals surface area contributed by atoms with Crippen molar-refractivity contribution < 1.29 is 53.7 Å². The first-order valence-electron chi connectivity index (χ1n) is 8.18. The van der Waals surface area contributed by atoms with Crippen molar-refractivity contribution in [2.45, 2.75) is 13.8 Å². The van der Waals surface area contributed by atoms with E-state index in [0.29, 0.717) is 5.02 Å². The fourth-order valence-electron chi connectivity index (χ4n) is 2.43.